The molecule has 0 amide bonds. The Morgan fingerprint density at radius 1 is 1.11 bits per heavy atom. The Balaban J connectivity index is 2.04. The largest absolute Gasteiger partial charge is 0.330 e. The molecule has 1 aromatic rings. The Bertz CT molecular complexity index is 514. The Hall–Kier alpha value is -0.910. The monoisotopic (exact) mass is 282 g/mol. The summed E-state index contributed by atoms with van der Waals surface area (Å²) in [5.41, 5.74) is 8.18. The van der Waals surface area contributed by atoms with E-state index >= 15 is 0 Å². The van der Waals surface area contributed by atoms with Crippen molar-refractivity contribution in [2.75, 3.05) is 31.1 Å². The summed E-state index contributed by atoms with van der Waals surface area (Å²) in [6.07, 6.45) is 1.61. The zero-order chi connectivity index (χ0) is 13.7. The lowest BCUT2D eigenvalue weighted by Gasteiger charge is -2.21. The third-order valence-electron chi connectivity index (χ3n) is 3.57. The van der Waals surface area contributed by atoms with Crippen molar-refractivity contribution in [1.82, 2.24) is 4.90 Å². The van der Waals surface area contributed by atoms with Gasteiger partial charge in [0.1, 0.15) is 0 Å². The predicted octanol–water partition coefficient (Wildman–Crippen LogP) is 0.808. The lowest BCUT2D eigenvalue weighted by molar-refractivity contribution is 0.286. The van der Waals surface area contributed by atoms with Gasteiger partial charge in [-0.3, -0.25) is 4.90 Å². The molecule has 106 valence electrons. The van der Waals surface area contributed by atoms with Crippen molar-refractivity contribution in [1.29, 1.82) is 0 Å². The summed E-state index contributed by atoms with van der Waals surface area (Å²) in [5.74, 6) is 0.611. The first-order valence-corrected chi connectivity index (χ1v) is 8.62. The van der Waals surface area contributed by atoms with Gasteiger partial charge in [-0.25, -0.2) is 8.42 Å². The molecule has 5 heteroatoms. The van der Waals surface area contributed by atoms with Crippen molar-refractivity contribution >= 4 is 9.84 Å². The minimum Gasteiger partial charge on any atom is -0.330 e. The first kappa shape index (κ1) is 14.5. The number of nitrogens with zero attached hydrogens (tertiary/aromatic N) is 1. The highest BCUT2D eigenvalue weighted by molar-refractivity contribution is 7.91. The molecule has 0 radical (unpaired) electrons. The van der Waals surface area contributed by atoms with Crippen molar-refractivity contribution in [2.24, 2.45) is 5.73 Å². The topological polar surface area (TPSA) is 63.4 Å². The van der Waals surface area contributed by atoms with Crippen LogP contribution < -0.4 is 5.73 Å². The molecule has 1 aliphatic rings. The van der Waals surface area contributed by atoms with E-state index in [-0.39, 0.29) is 5.75 Å². The van der Waals surface area contributed by atoms with Crippen LogP contribution in [0.4, 0.5) is 0 Å². The average Bonchev–Trinajstić information content (AvgIpc) is 2.54. The molecule has 1 aromatic carbocycles. The van der Waals surface area contributed by atoms with Crippen LogP contribution in [0.3, 0.4) is 0 Å². The zero-order valence-electron chi connectivity index (χ0n) is 11.2. The van der Waals surface area contributed by atoms with Crippen molar-refractivity contribution in [3.8, 4) is 0 Å². The Labute approximate surface area is 115 Å². The molecule has 0 unspecified atom stereocenters. The van der Waals surface area contributed by atoms with Gasteiger partial charge in [0.15, 0.2) is 9.84 Å². The number of benzene rings is 1. The summed E-state index contributed by atoms with van der Waals surface area (Å²) < 4.78 is 23.2. The molecule has 1 heterocycles. The van der Waals surface area contributed by atoms with Crippen LogP contribution in [0.25, 0.3) is 0 Å². The van der Waals surface area contributed by atoms with Gasteiger partial charge in [0.05, 0.1) is 11.5 Å². The minimum absolute atomic E-state index is 0.284. The number of hydrogen-bond acceptors (Lipinski definition) is 4. The molecule has 1 saturated heterocycles. The van der Waals surface area contributed by atoms with Crippen LogP contribution in [0.2, 0.25) is 0 Å². The van der Waals surface area contributed by atoms with E-state index < -0.39 is 9.84 Å². The first-order valence-electron chi connectivity index (χ1n) is 6.80. The van der Waals surface area contributed by atoms with E-state index in [1.54, 1.807) is 0 Å². The standard InChI is InChI=1S/C14H22N2O2S/c15-7-6-13-4-1-2-5-14(13)12-16-8-3-10-19(17,18)11-9-16/h1-2,4-5H,3,6-12,15H2. The molecule has 0 atom stereocenters. The second-order valence-corrected chi connectivity index (χ2v) is 7.39. The van der Waals surface area contributed by atoms with Crippen molar-refractivity contribution in [2.45, 2.75) is 19.4 Å². The van der Waals surface area contributed by atoms with Crippen LogP contribution in [0, 0.1) is 0 Å². The van der Waals surface area contributed by atoms with Gasteiger partial charge in [0, 0.05) is 13.1 Å². The molecule has 0 spiro atoms. The highest BCUT2D eigenvalue weighted by Crippen LogP contribution is 2.14. The molecule has 1 aliphatic heterocycles. The summed E-state index contributed by atoms with van der Waals surface area (Å²) in [5, 5.41) is 0. The van der Waals surface area contributed by atoms with Gasteiger partial charge >= 0.3 is 0 Å². The van der Waals surface area contributed by atoms with Crippen LogP contribution >= 0.6 is 0 Å². The molecule has 1 fully saturated rings. The second-order valence-electron chi connectivity index (χ2n) is 5.09. The van der Waals surface area contributed by atoms with E-state index in [1.165, 1.54) is 11.1 Å². The van der Waals surface area contributed by atoms with E-state index in [0.29, 0.717) is 18.8 Å². The molecule has 2 N–H and O–H groups in total. The molecule has 0 aromatic heterocycles. The fraction of sp³-hybridized carbons (Fsp3) is 0.571. The van der Waals surface area contributed by atoms with E-state index in [4.69, 9.17) is 5.73 Å². The highest BCUT2D eigenvalue weighted by atomic mass is 32.2. The zero-order valence-corrected chi connectivity index (χ0v) is 12.0. The summed E-state index contributed by atoms with van der Waals surface area (Å²) in [6, 6.07) is 8.28. The fourth-order valence-electron chi connectivity index (χ4n) is 2.50. The molecular weight excluding hydrogens is 260 g/mol. The number of sulfone groups is 1. The molecule has 19 heavy (non-hydrogen) atoms. The molecule has 4 nitrogen and oxygen atoms in total. The summed E-state index contributed by atoms with van der Waals surface area (Å²) in [4.78, 5) is 2.24. The van der Waals surface area contributed by atoms with Gasteiger partial charge in [-0.15, -0.1) is 0 Å². The highest BCUT2D eigenvalue weighted by Gasteiger charge is 2.19. The average molecular weight is 282 g/mol. The summed E-state index contributed by atoms with van der Waals surface area (Å²) >= 11 is 0. The third-order valence-corrected chi connectivity index (χ3v) is 5.29. The number of hydrogen-bond donors (Lipinski definition) is 1. The normalized spacial score (nSPS) is 20.1. The van der Waals surface area contributed by atoms with E-state index in [2.05, 4.69) is 17.0 Å². The smallest absolute Gasteiger partial charge is 0.151 e. The van der Waals surface area contributed by atoms with Gasteiger partial charge in [0.25, 0.3) is 0 Å². The lowest BCUT2D eigenvalue weighted by atomic mass is 10.0. The lowest BCUT2D eigenvalue weighted by Crippen LogP contribution is -2.27. The van der Waals surface area contributed by atoms with Gasteiger partial charge in [-0.05, 0) is 37.1 Å². The van der Waals surface area contributed by atoms with Gasteiger partial charge in [-0.1, -0.05) is 24.3 Å². The summed E-state index contributed by atoms with van der Waals surface area (Å²) in [7, 11) is -2.83. The maximum atomic E-state index is 11.6. The molecule has 0 aliphatic carbocycles. The summed E-state index contributed by atoms with van der Waals surface area (Å²) in [6.45, 7) is 2.96. The second kappa shape index (κ2) is 6.50. The maximum absolute atomic E-state index is 11.6. The maximum Gasteiger partial charge on any atom is 0.151 e. The van der Waals surface area contributed by atoms with Crippen LogP contribution in [-0.2, 0) is 22.8 Å². The van der Waals surface area contributed by atoms with Crippen molar-refractivity contribution < 1.29 is 8.42 Å². The van der Waals surface area contributed by atoms with Gasteiger partial charge in [-0.2, -0.15) is 0 Å². The Morgan fingerprint density at radius 3 is 2.58 bits per heavy atom. The Morgan fingerprint density at radius 2 is 1.84 bits per heavy atom. The third kappa shape index (κ3) is 4.30. The van der Waals surface area contributed by atoms with Crippen LogP contribution in [0.5, 0.6) is 0 Å². The fourth-order valence-corrected chi connectivity index (χ4v) is 3.81. The van der Waals surface area contributed by atoms with Crippen molar-refractivity contribution in [3.63, 3.8) is 0 Å². The van der Waals surface area contributed by atoms with Gasteiger partial charge < -0.3 is 5.73 Å². The first-order chi connectivity index (χ1) is 9.11. The van der Waals surface area contributed by atoms with Crippen LogP contribution in [0.15, 0.2) is 24.3 Å². The van der Waals surface area contributed by atoms with E-state index in [0.717, 1.165) is 25.9 Å². The number of rotatable bonds is 4. The minimum atomic E-state index is -2.83. The van der Waals surface area contributed by atoms with Gasteiger partial charge in [0.2, 0.25) is 0 Å². The predicted molar refractivity (Wildman–Crippen MR) is 77.7 cm³/mol. The van der Waals surface area contributed by atoms with Crippen LogP contribution in [0.1, 0.15) is 17.5 Å². The van der Waals surface area contributed by atoms with Crippen LogP contribution in [-0.4, -0.2) is 44.5 Å². The quantitative estimate of drug-likeness (QED) is 0.887. The molecule has 2 rings (SSSR count). The van der Waals surface area contributed by atoms with E-state index in [1.807, 2.05) is 12.1 Å². The number of nitrogens with two attached hydrogens (primary N) is 1. The van der Waals surface area contributed by atoms with Crippen molar-refractivity contribution in [3.05, 3.63) is 35.4 Å². The molecular formula is C14H22N2O2S. The Kier molecular flexibility index (Phi) is 4.96. The molecule has 0 saturated carbocycles. The SMILES string of the molecule is NCCc1ccccc1CN1CCCS(=O)(=O)CC1. The van der Waals surface area contributed by atoms with E-state index in [9.17, 15) is 8.42 Å². The molecule has 0 bridgehead atoms.